The summed E-state index contributed by atoms with van der Waals surface area (Å²) in [6.07, 6.45) is 0.938. The first-order valence-corrected chi connectivity index (χ1v) is 7.73. The van der Waals surface area contributed by atoms with E-state index in [0.29, 0.717) is 6.04 Å². The molecule has 0 saturated heterocycles. The summed E-state index contributed by atoms with van der Waals surface area (Å²) in [4.78, 5) is 0. The van der Waals surface area contributed by atoms with E-state index in [-0.39, 0.29) is 0 Å². The molecular formula is C14H16INOS. The highest BCUT2D eigenvalue weighted by Gasteiger charge is 2.14. The molecule has 0 amide bonds. The van der Waals surface area contributed by atoms with E-state index in [1.54, 1.807) is 18.4 Å². The normalized spacial score (nSPS) is 12.4. The van der Waals surface area contributed by atoms with Crippen molar-refractivity contribution in [2.45, 2.75) is 12.5 Å². The van der Waals surface area contributed by atoms with Crippen molar-refractivity contribution in [3.05, 3.63) is 49.7 Å². The molecule has 1 N–H and O–H groups in total. The molecule has 96 valence electrons. The second-order valence-electron chi connectivity index (χ2n) is 4.04. The molecule has 0 bridgehead atoms. The minimum Gasteiger partial charge on any atom is -0.496 e. The predicted molar refractivity (Wildman–Crippen MR) is 85.5 cm³/mol. The molecule has 0 aliphatic carbocycles. The molecule has 1 atom stereocenters. The van der Waals surface area contributed by atoms with Gasteiger partial charge in [0.25, 0.3) is 0 Å². The molecule has 1 aromatic heterocycles. The van der Waals surface area contributed by atoms with Crippen LogP contribution in [0.2, 0.25) is 0 Å². The van der Waals surface area contributed by atoms with Gasteiger partial charge in [0.15, 0.2) is 0 Å². The Kier molecular flexibility index (Phi) is 5.03. The highest BCUT2D eigenvalue weighted by Crippen LogP contribution is 2.27. The van der Waals surface area contributed by atoms with E-state index in [1.165, 1.54) is 14.0 Å². The van der Waals surface area contributed by atoms with Gasteiger partial charge in [-0.1, -0.05) is 18.2 Å². The molecule has 1 aromatic carbocycles. The number of nitrogens with one attached hydrogen (secondary N) is 1. The van der Waals surface area contributed by atoms with Gasteiger partial charge < -0.3 is 10.1 Å². The maximum absolute atomic E-state index is 5.41. The first-order valence-electron chi connectivity index (χ1n) is 5.77. The Labute approximate surface area is 126 Å². The van der Waals surface area contributed by atoms with Crippen LogP contribution in [0.4, 0.5) is 0 Å². The van der Waals surface area contributed by atoms with Crippen LogP contribution in [0.3, 0.4) is 0 Å². The minimum absolute atomic E-state index is 0.334. The molecule has 2 nitrogen and oxygen atoms in total. The predicted octanol–water partition coefficient (Wildman–Crippen LogP) is 3.86. The molecular weight excluding hydrogens is 357 g/mol. The molecule has 0 radical (unpaired) electrons. The maximum atomic E-state index is 5.41. The topological polar surface area (TPSA) is 21.3 Å². The highest BCUT2D eigenvalue weighted by atomic mass is 127. The summed E-state index contributed by atoms with van der Waals surface area (Å²) >= 11 is 4.15. The molecule has 1 unspecified atom stereocenters. The fourth-order valence-electron chi connectivity index (χ4n) is 1.98. The van der Waals surface area contributed by atoms with Crippen molar-refractivity contribution in [2.24, 2.45) is 0 Å². The third-order valence-corrected chi connectivity index (χ3v) is 4.76. The van der Waals surface area contributed by atoms with E-state index in [0.717, 1.165) is 12.2 Å². The number of hydrogen-bond donors (Lipinski definition) is 1. The maximum Gasteiger partial charge on any atom is 0.122 e. The third kappa shape index (κ3) is 3.24. The first-order chi connectivity index (χ1) is 8.74. The van der Waals surface area contributed by atoms with Gasteiger partial charge in [0, 0.05) is 6.04 Å². The van der Waals surface area contributed by atoms with Crippen LogP contribution in [-0.4, -0.2) is 14.2 Å². The van der Waals surface area contributed by atoms with Gasteiger partial charge in [-0.3, -0.25) is 0 Å². The summed E-state index contributed by atoms with van der Waals surface area (Å²) in [5, 5.41) is 5.60. The summed E-state index contributed by atoms with van der Waals surface area (Å²) in [7, 11) is 3.73. The summed E-state index contributed by atoms with van der Waals surface area (Å²) in [5.41, 5.74) is 2.58. The smallest absolute Gasteiger partial charge is 0.122 e. The highest BCUT2D eigenvalue weighted by molar-refractivity contribution is 14.1. The van der Waals surface area contributed by atoms with Crippen molar-refractivity contribution in [2.75, 3.05) is 14.2 Å². The van der Waals surface area contributed by atoms with Crippen LogP contribution in [0.5, 0.6) is 5.75 Å². The lowest BCUT2D eigenvalue weighted by molar-refractivity contribution is 0.406. The molecule has 1 heterocycles. The van der Waals surface area contributed by atoms with Crippen molar-refractivity contribution in [3.8, 4) is 5.75 Å². The number of methoxy groups -OCH3 is 1. The Bertz CT molecular complexity index is 512. The van der Waals surface area contributed by atoms with Crippen molar-refractivity contribution < 1.29 is 4.74 Å². The summed E-state index contributed by atoms with van der Waals surface area (Å²) < 4.78 is 6.73. The number of benzene rings is 1. The molecule has 0 spiro atoms. The van der Waals surface area contributed by atoms with E-state index in [1.807, 2.05) is 19.2 Å². The van der Waals surface area contributed by atoms with Crippen LogP contribution in [0.25, 0.3) is 0 Å². The minimum atomic E-state index is 0.334. The lowest BCUT2D eigenvalue weighted by atomic mass is 10.0. The van der Waals surface area contributed by atoms with Crippen LogP contribution in [-0.2, 0) is 6.42 Å². The standard InChI is InChI=1S/C14H16INOS/c1-16-12(11-8-14(15)18-9-11)7-10-5-3-4-6-13(10)17-2/h3-6,8-9,12,16H,7H2,1-2H3. The van der Waals surface area contributed by atoms with Crippen molar-refractivity contribution in [3.63, 3.8) is 0 Å². The fourth-order valence-corrected chi connectivity index (χ4v) is 3.41. The van der Waals surface area contributed by atoms with Gasteiger partial charge in [-0.05, 0) is 64.7 Å². The zero-order chi connectivity index (χ0) is 13.0. The summed E-state index contributed by atoms with van der Waals surface area (Å²) in [5.74, 6) is 0.961. The van der Waals surface area contributed by atoms with Gasteiger partial charge in [-0.25, -0.2) is 0 Å². The van der Waals surface area contributed by atoms with Crippen LogP contribution in [0.15, 0.2) is 35.7 Å². The average molecular weight is 373 g/mol. The zero-order valence-electron chi connectivity index (χ0n) is 10.4. The average Bonchev–Trinajstić information content (AvgIpc) is 2.83. The Morgan fingerprint density at radius 1 is 1.39 bits per heavy atom. The Balaban J connectivity index is 2.20. The molecule has 2 aromatic rings. The number of para-hydroxylation sites is 1. The number of hydrogen-bond acceptors (Lipinski definition) is 3. The first kappa shape index (κ1) is 13.8. The van der Waals surface area contributed by atoms with Gasteiger partial charge in [-0.15, -0.1) is 11.3 Å². The number of rotatable bonds is 5. The number of likely N-dealkylation sites (N-methyl/N-ethyl adjacent to an activating group) is 1. The van der Waals surface area contributed by atoms with Crippen LogP contribution in [0, 0.1) is 2.88 Å². The number of ether oxygens (including phenoxy) is 1. The Morgan fingerprint density at radius 3 is 2.78 bits per heavy atom. The molecule has 0 aliphatic heterocycles. The number of halogens is 1. The largest absolute Gasteiger partial charge is 0.496 e. The van der Waals surface area contributed by atoms with Crippen LogP contribution in [0.1, 0.15) is 17.2 Å². The van der Waals surface area contributed by atoms with Crippen molar-refractivity contribution in [1.29, 1.82) is 0 Å². The van der Waals surface area contributed by atoms with Gasteiger partial charge in [0.1, 0.15) is 5.75 Å². The van der Waals surface area contributed by atoms with E-state index in [9.17, 15) is 0 Å². The van der Waals surface area contributed by atoms with E-state index >= 15 is 0 Å². The second-order valence-corrected chi connectivity index (χ2v) is 6.85. The summed E-state index contributed by atoms with van der Waals surface area (Å²) in [6.45, 7) is 0. The summed E-state index contributed by atoms with van der Waals surface area (Å²) in [6, 6.07) is 10.8. The zero-order valence-corrected chi connectivity index (χ0v) is 13.4. The van der Waals surface area contributed by atoms with Crippen molar-refractivity contribution >= 4 is 33.9 Å². The molecule has 2 rings (SSSR count). The quantitative estimate of drug-likeness (QED) is 0.804. The van der Waals surface area contributed by atoms with Gasteiger partial charge in [0.2, 0.25) is 0 Å². The second kappa shape index (κ2) is 6.54. The van der Waals surface area contributed by atoms with Gasteiger partial charge in [-0.2, -0.15) is 0 Å². The fraction of sp³-hybridized carbons (Fsp3) is 0.286. The van der Waals surface area contributed by atoms with Gasteiger partial charge in [0.05, 0.1) is 9.99 Å². The molecule has 0 fully saturated rings. The lowest BCUT2D eigenvalue weighted by Gasteiger charge is -2.16. The number of thiophene rings is 1. The Hall–Kier alpha value is -0.590. The Morgan fingerprint density at radius 2 is 2.17 bits per heavy atom. The molecule has 0 aliphatic rings. The monoisotopic (exact) mass is 373 g/mol. The van der Waals surface area contributed by atoms with Crippen molar-refractivity contribution in [1.82, 2.24) is 5.32 Å². The van der Waals surface area contributed by atoms with E-state index in [2.05, 4.69) is 51.5 Å². The van der Waals surface area contributed by atoms with Crippen LogP contribution < -0.4 is 10.1 Å². The molecule has 18 heavy (non-hydrogen) atoms. The molecule has 0 saturated carbocycles. The van der Waals surface area contributed by atoms with E-state index in [4.69, 9.17) is 4.74 Å². The molecule has 4 heteroatoms. The lowest BCUT2D eigenvalue weighted by Crippen LogP contribution is -2.18. The van der Waals surface area contributed by atoms with Crippen LogP contribution >= 0.6 is 33.9 Å². The third-order valence-electron chi connectivity index (χ3n) is 2.96. The van der Waals surface area contributed by atoms with Gasteiger partial charge >= 0.3 is 0 Å². The van der Waals surface area contributed by atoms with E-state index < -0.39 is 0 Å². The SMILES string of the molecule is CNC(Cc1ccccc1OC)c1csc(I)c1.